The summed E-state index contributed by atoms with van der Waals surface area (Å²) in [6.45, 7) is 4.97. The number of nitrogens with zero attached hydrogens (tertiary/aromatic N) is 2. The van der Waals surface area contributed by atoms with Gasteiger partial charge in [-0.2, -0.15) is 0 Å². The molecule has 0 saturated heterocycles. The largest absolute Gasteiger partial charge is 0.354 e. The number of imidazole rings is 1. The van der Waals surface area contributed by atoms with Crippen LogP contribution in [0.2, 0.25) is 0 Å². The fraction of sp³-hybridized carbons (Fsp3) is 0.250. The molecule has 0 radical (unpaired) electrons. The minimum Gasteiger partial charge on any atom is -0.354 e. The lowest BCUT2D eigenvalue weighted by Gasteiger charge is -2.19. The molecule has 1 amide bonds. The zero-order valence-corrected chi connectivity index (χ0v) is 15.6. The number of ketones is 1. The third-order valence-electron chi connectivity index (χ3n) is 4.61. The molecule has 2 heterocycles. The summed E-state index contributed by atoms with van der Waals surface area (Å²) < 4.78 is 15.1. The fourth-order valence-corrected chi connectivity index (χ4v) is 3.32. The molecule has 3 rings (SSSR count). The van der Waals surface area contributed by atoms with Crippen LogP contribution in [-0.4, -0.2) is 26.2 Å². The maximum atomic E-state index is 13.3. The van der Waals surface area contributed by atoms with Crippen molar-refractivity contribution >= 4 is 11.7 Å². The maximum Gasteiger partial charge on any atom is 0.268 e. The summed E-state index contributed by atoms with van der Waals surface area (Å²) in [4.78, 5) is 32.1. The first-order valence-corrected chi connectivity index (χ1v) is 8.53. The molecule has 7 heteroatoms. The quantitative estimate of drug-likeness (QED) is 0.679. The van der Waals surface area contributed by atoms with Crippen molar-refractivity contribution in [1.82, 2.24) is 19.9 Å². The van der Waals surface area contributed by atoms with E-state index in [0.717, 1.165) is 0 Å². The molecule has 6 nitrogen and oxygen atoms in total. The van der Waals surface area contributed by atoms with Crippen molar-refractivity contribution in [3.8, 4) is 0 Å². The van der Waals surface area contributed by atoms with Crippen LogP contribution < -0.4 is 5.32 Å². The van der Waals surface area contributed by atoms with Crippen LogP contribution in [0.5, 0.6) is 0 Å². The second-order valence-electron chi connectivity index (χ2n) is 6.54. The smallest absolute Gasteiger partial charge is 0.268 e. The minimum absolute atomic E-state index is 0.0977. The van der Waals surface area contributed by atoms with Gasteiger partial charge >= 0.3 is 0 Å². The van der Waals surface area contributed by atoms with Gasteiger partial charge in [0, 0.05) is 30.7 Å². The Morgan fingerprint density at radius 1 is 1.22 bits per heavy atom. The van der Waals surface area contributed by atoms with Gasteiger partial charge in [-0.05, 0) is 44.0 Å². The lowest BCUT2D eigenvalue weighted by Crippen LogP contribution is -2.31. The van der Waals surface area contributed by atoms with Gasteiger partial charge in [-0.25, -0.2) is 9.37 Å². The summed E-state index contributed by atoms with van der Waals surface area (Å²) in [6, 6.07) is 5.35. The van der Waals surface area contributed by atoms with Crippen molar-refractivity contribution < 1.29 is 14.0 Å². The monoisotopic (exact) mass is 368 g/mol. The topological polar surface area (TPSA) is 79.8 Å². The van der Waals surface area contributed by atoms with Gasteiger partial charge in [0.15, 0.2) is 5.78 Å². The van der Waals surface area contributed by atoms with E-state index in [4.69, 9.17) is 0 Å². The molecular weight excluding hydrogens is 347 g/mol. The summed E-state index contributed by atoms with van der Waals surface area (Å²) >= 11 is 0. The van der Waals surface area contributed by atoms with Gasteiger partial charge in [-0.1, -0.05) is 12.1 Å². The molecule has 2 N–H and O–H groups in total. The van der Waals surface area contributed by atoms with Crippen LogP contribution in [0.1, 0.15) is 56.5 Å². The molecule has 0 spiro atoms. The van der Waals surface area contributed by atoms with Gasteiger partial charge < -0.3 is 14.9 Å². The molecule has 0 unspecified atom stereocenters. The number of nitrogens with one attached hydrogen (secondary N) is 2. The molecule has 2 aromatic heterocycles. The molecule has 3 aromatic rings. The van der Waals surface area contributed by atoms with Crippen LogP contribution >= 0.6 is 0 Å². The predicted molar refractivity (Wildman–Crippen MR) is 99.2 cm³/mol. The molecule has 0 bridgehead atoms. The first-order chi connectivity index (χ1) is 12.8. The van der Waals surface area contributed by atoms with Crippen molar-refractivity contribution in [3.63, 3.8) is 0 Å². The molecule has 1 aromatic carbocycles. The molecular formula is C20H21FN4O2. The van der Waals surface area contributed by atoms with Gasteiger partial charge in [0.25, 0.3) is 5.91 Å². The van der Waals surface area contributed by atoms with Gasteiger partial charge in [0.1, 0.15) is 23.4 Å². The molecule has 27 heavy (non-hydrogen) atoms. The normalized spacial score (nSPS) is 12.0. The summed E-state index contributed by atoms with van der Waals surface area (Å²) in [7, 11) is 1.82. The van der Waals surface area contributed by atoms with Gasteiger partial charge in [0.2, 0.25) is 0 Å². The fourth-order valence-electron chi connectivity index (χ4n) is 3.32. The number of aromatic amines is 1. The Morgan fingerprint density at radius 2 is 1.89 bits per heavy atom. The third-order valence-corrected chi connectivity index (χ3v) is 4.61. The van der Waals surface area contributed by atoms with Crippen LogP contribution in [-0.2, 0) is 7.05 Å². The highest BCUT2D eigenvalue weighted by molar-refractivity contribution is 6.02. The van der Waals surface area contributed by atoms with Crippen LogP contribution in [0.3, 0.4) is 0 Å². The Balaban J connectivity index is 1.99. The van der Waals surface area contributed by atoms with E-state index in [1.807, 2.05) is 7.05 Å². The predicted octanol–water partition coefficient (Wildman–Crippen LogP) is 3.23. The van der Waals surface area contributed by atoms with Crippen LogP contribution in [0.4, 0.5) is 4.39 Å². The average Bonchev–Trinajstić information content (AvgIpc) is 3.16. The van der Waals surface area contributed by atoms with E-state index in [-0.39, 0.29) is 17.5 Å². The zero-order chi connectivity index (χ0) is 19.7. The number of aromatic nitrogens is 3. The van der Waals surface area contributed by atoms with E-state index in [9.17, 15) is 14.0 Å². The maximum absolute atomic E-state index is 13.3. The number of carbonyl (C=O) groups excluding carboxylic acids is 2. The number of amides is 1. The van der Waals surface area contributed by atoms with Gasteiger partial charge in [-0.3, -0.25) is 9.59 Å². The molecule has 140 valence electrons. The highest BCUT2D eigenvalue weighted by Crippen LogP contribution is 2.23. The van der Waals surface area contributed by atoms with Crippen LogP contribution in [0.15, 0.2) is 36.7 Å². The SMILES string of the molecule is CC(=O)c1c(C)[nH]c(C(=O)N[C@H](c2ccc(F)cc2)c2nccn2C)c1C. The molecule has 1 atom stereocenters. The number of halogens is 1. The van der Waals surface area contributed by atoms with Gasteiger partial charge in [0.05, 0.1) is 0 Å². The van der Waals surface area contributed by atoms with E-state index >= 15 is 0 Å². The van der Waals surface area contributed by atoms with E-state index in [0.29, 0.717) is 33.9 Å². The first-order valence-electron chi connectivity index (χ1n) is 8.53. The second-order valence-corrected chi connectivity index (χ2v) is 6.54. The molecule has 0 saturated carbocycles. The van der Waals surface area contributed by atoms with Crippen molar-refractivity contribution in [1.29, 1.82) is 0 Å². The van der Waals surface area contributed by atoms with E-state index < -0.39 is 6.04 Å². The lowest BCUT2D eigenvalue weighted by molar-refractivity contribution is 0.0935. The Labute approximate surface area is 156 Å². The average molecular weight is 368 g/mol. The van der Waals surface area contributed by atoms with Crippen LogP contribution in [0, 0.1) is 19.7 Å². The Hall–Kier alpha value is -3.22. The Bertz CT molecular complexity index is 1000. The van der Waals surface area contributed by atoms with E-state index in [1.54, 1.807) is 42.9 Å². The number of benzene rings is 1. The highest BCUT2D eigenvalue weighted by atomic mass is 19.1. The Morgan fingerprint density at radius 3 is 2.41 bits per heavy atom. The summed E-state index contributed by atoms with van der Waals surface area (Å²) in [6.07, 6.45) is 3.41. The van der Waals surface area contributed by atoms with Crippen LogP contribution in [0.25, 0.3) is 0 Å². The van der Waals surface area contributed by atoms with Crippen molar-refractivity contribution in [3.05, 3.63) is 76.4 Å². The number of hydrogen-bond donors (Lipinski definition) is 2. The van der Waals surface area contributed by atoms with Crippen molar-refractivity contribution in [2.24, 2.45) is 7.05 Å². The van der Waals surface area contributed by atoms with E-state index in [1.165, 1.54) is 19.1 Å². The van der Waals surface area contributed by atoms with E-state index in [2.05, 4.69) is 15.3 Å². The standard InChI is InChI=1S/C20H21FN4O2/c1-11-16(13(3)26)12(2)23-17(11)20(27)24-18(19-22-9-10-25(19)4)14-5-7-15(21)8-6-14/h5-10,18,23H,1-4H3,(H,24,27)/t18-/m1/s1. The molecule has 0 fully saturated rings. The number of rotatable bonds is 5. The van der Waals surface area contributed by atoms with Crippen molar-refractivity contribution in [2.45, 2.75) is 26.8 Å². The minimum atomic E-state index is -0.568. The number of carbonyl (C=O) groups is 2. The lowest BCUT2D eigenvalue weighted by atomic mass is 10.0. The zero-order valence-electron chi connectivity index (χ0n) is 15.6. The second kappa shape index (κ2) is 7.19. The van der Waals surface area contributed by atoms with Gasteiger partial charge in [-0.15, -0.1) is 0 Å². The number of hydrogen-bond acceptors (Lipinski definition) is 3. The summed E-state index contributed by atoms with van der Waals surface area (Å²) in [5.74, 6) is -0.201. The number of aryl methyl sites for hydroxylation is 2. The molecule has 0 aliphatic rings. The Kier molecular flexibility index (Phi) is 4.94. The first kappa shape index (κ1) is 18.6. The highest BCUT2D eigenvalue weighted by Gasteiger charge is 2.25. The summed E-state index contributed by atoms with van der Waals surface area (Å²) in [5, 5.41) is 2.95. The van der Waals surface area contributed by atoms with Crippen molar-refractivity contribution in [2.75, 3.05) is 0 Å². The molecule has 0 aliphatic carbocycles. The number of H-pyrrole nitrogens is 1. The third kappa shape index (κ3) is 3.53. The summed E-state index contributed by atoms with van der Waals surface area (Å²) in [5.41, 5.74) is 2.82. The molecule has 0 aliphatic heterocycles. The number of Topliss-reactive ketones (excluding diaryl/α,β-unsaturated/α-hetero) is 1.